The number of rotatable bonds is 3. The van der Waals surface area contributed by atoms with Gasteiger partial charge in [0.2, 0.25) is 5.95 Å². The molecule has 0 saturated carbocycles. The van der Waals surface area contributed by atoms with Crippen LogP contribution in [-0.2, 0) is 6.54 Å². The Hall–Kier alpha value is -1.03. The quantitative estimate of drug-likeness (QED) is 0.842. The largest absolute Gasteiger partial charge is 0.342 e. The van der Waals surface area contributed by atoms with Crippen LogP contribution in [0.4, 0.5) is 5.95 Å². The number of hydrogen-bond donors (Lipinski definition) is 1. The van der Waals surface area contributed by atoms with Gasteiger partial charge in [0.25, 0.3) is 0 Å². The van der Waals surface area contributed by atoms with E-state index in [2.05, 4.69) is 28.3 Å². The van der Waals surface area contributed by atoms with E-state index in [9.17, 15) is 0 Å². The van der Waals surface area contributed by atoms with E-state index in [1.807, 2.05) is 12.4 Å². The predicted molar refractivity (Wildman–Crippen MR) is 66.5 cm³/mol. The summed E-state index contributed by atoms with van der Waals surface area (Å²) in [6.07, 6.45) is 6.31. The summed E-state index contributed by atoms with van der Waals surface area (Å²) >= 11 is 0. The Morgan fingerprint density at radius 1 is 1.50 bits per heavy atom. The van der Waals surface area contributed by atoms with Crippen LogP contribution in [0.5, 0.6) is 0 Å². The monoisotopic (exact) mass is 222 g/mol. The fraction of sp³-hybridized carbons (Fsp3) is 0.750. The van der Waals surface area contributed by atoms with E-state index in [4.69, 9.17) is 5.73 Å². The van der Waals surface area contributed by atoms with Crippen molar-refractivity contribution in [1.29, 1.82) is 0 Å². The fourth-order valence-corrected chi connectivity index (χ4v) is 2.46. The van der Waals surface area contributed by atoms with Crippen LogP contribution in [0.1, 0.15) is 26.7 Å². The van der Waals surface area contributed by atoms with Gasteiger partial charge >= 0.3 is 0 Å². The van der Waals surface area contributed by atoms with Gasteiger partial charge in [-0.05, 0) is 32.6 Å². The zero-order valence-electron chi connectivity index (χ0n) is 10.3. The molecule has 1 aromatic heterocycles. The van der Waals surface area contributed by atoms with Crippen molar-refractivity contribution < 1.29 is 0 Å². The smallest absolute Gasteiger partial charge is 0.205 e. The Kier molecular flexibility index (Phi) is 3.49. The molecule has 1 aliphatic rings. The van der Waals surface area contributed by atoms with Gasteiger partial charge in [-0.3, -0.25) is 0 Å². The maximum absolute atomic E-state index is 5.95. The van der Waals surface area contributed by atoms with Crippen LogP contribution in [0.2, 0.25) is 0 Å². The maximum Gasteiger partial charge on any atom is 0.205 e. The molecule has 0 spiro atoms. The molecular weight excluding hydrogens is 200 g/mol. The predicted octanol–water partition coefficient (Wildman–Crippen LogP) is 1.47. The lowest BCUT2D eigenvalue weighted by Gasteiger charge is -2.34. The zero-order valence-corrected chi connectivity index (χ0v) is 10.3. The first-order chi connectivity index (χ1) is 7.72. The molecule has 0 amide bonds. The van der Waals surface area contributed by atoms with Crippen LogP contribution in [-0.4, -0.2) is 28.7 Å². The van der Waals surface area contributed by atoms with Gasteiger partial charge in [-0.1, -0.05) is 0 Å². The maximum atomic E-state index is 5.95. The Bertz CT molecular complexity index is 324. The molecule has 2 N–H and O–H groups in total. The molecule has 2 rings (SSSR count). The van der Waals surface area contributed by atoms with Crippen molar-refractivity contribution in [2.24, 2.45) is 11.7 Å². The van der Waals surface area contributed by atoms with Crippen molar-refractivity contribution in [3.05, 3.63) is 12.4 Å². The molecule has 16 heavy (non-hydrogen) atoms. The second-order valence-electron chi connectivity index (χ2n) is 4.70. The highest BCUT2D eigenvalue weighted by atomic mass is 15.3. The normalized spacial score (nSPS) is 20.1. The summed E-state index contributed by atoms with van der Waals surface area (Å²) in [7, 11) is 0. The molecule has 4 heteroatoms. The minimum atomic E-state index is 0.327. The highest BCUT2D eigenvalue weighted by molar-refractivity contribution is 5.31. The van der Waals surface area contributed by atoms with Crippen molar-refractivity contribution in [3.63, 3.8) is 0 Å². The van der Waals surface area contributed by atoms with Gasteiger partial charge in [0.05, 0.1) is 0 Å². The summed E-state index contributed by atoms with van der Waals surface area (Å²) in [5.41, 5.74) is 5.95. The van der Waals surface area contributed by atoms with Gasteiger partial charge in [0.1, 0.15) is 0 Å². The molecule has 1 unspecified atom stereocenters. The molecule has 2 heterocycles. The van der Waals surface area contributed by atoms with Crippen LogP contribution in [0.25, 0.3) is 0 Å². The lowest BCUT2D eigenvalue weighted by Crippen LogP contribution is -2.40. The van der Waals surface area contributed by atoms with Crippen molar-refractivity contribution in [3.8, 4) is 0 Å². The lowest BCUT2D eigenvalue weighted by atomic mass is 9.91. The number of anilines is 1. The number of imidazole rings is 1. The number of nitrogens with two attached hydrogens (primary N) is 1. The van der Waals surface area contributed by atoms with E-state index in [0.29, 0.717) is 12.0 Å². The SMILES string of the molecule is CCn1ccnc1N1CCC(C(C)N)CC1. The molecule has 1 saturated heterocycles. The highest BCUT2D eigenvalue weighted by Gasteiger charge is 2.23. The Morgan fingerprint density at radius 3 is 2.75 bits per heavy atom. The number of aryl methyl sites for hydroxylation is 1. The van der Waals surface area contributed by atoms with Gasteiger partial charge in [-0.15, -0.1) is 0 Å². The van der Waals surface area contributed by atoms with E-state index in [-0.39, 0.29) is 0 Å². The number of hydrogen-bond acceptors (Lipinski definition) is 3. The van der Waals surface area contributed by atoms with Gasteiger partial charge in [-0.2, -0.15) is 0 Å². The van der Waals surface area contributed by atoms with Gasteiger partial charge in [-0.25, -0.2) is 4.98 Å². The summed E-state index contributed by atoms with van der Waals surface area (Å²) in [4.78, 5) is 6.82. The molecule has 4 nitrogen and oxygen atoms in total. The van der Waals surface area contributed by atoms with Gasteiger partial charge in [0, 0.05) is 38.1 Å². The van der Waals surface area contributed by atoms with Crippen LogP contribution < -0.4 is 10.6 Å². The molecule has 0 radical (unpaired) electrons. The first-order valence-electron chi connectivity index (χ1n) is 6.24. The van der Waals surface area contributed by atoms with Crippen molar-refractivity contribution in [2.75, 3.05) is 18.0 Å². The third-order valence-electron chi connectivity index (χ3n) is 3.60. The standard InChI is InChI=1S/C12H22N4/c1-3-15-9-6-14-12(15)16-7-4-11(5-8-16)10(2)13/h6,9-11H,3-5,7-8,13H2,1-2H3. The Balaban J connectivity index is 1.99. The van der Waals surface area contributed by atoms with Crippen molar-refractivity contribution in [2.45, 2.75) is 39.3 Å². The van der Waals surface area contributed by atoms with E-state index in [0.717, 1.165) is 25.6 Å². The molecule has 1 atom stereocenters. The highest BCUT2D eigenvalue weighted by Crippen LogP contribution is 2.23. The van der Waals surface area contributed by atoms with Crippen molar-refractivity contribution in [1.82, 2.24) is 9.55 Å². The Labute approximate surface area is 97.4 Å². The molecule has 1 fully saturated rings. The number of aromatic nitrogens is 2. The van der Waals surface area contributed by atoms with Crippen LogP contribution >= 0.6 is 0 Å². The summed E-state index contributed by atoms with van der Waals surface area (Å²) in [5.74, 6) is 1.80. The van der Waals surface area contributed by atoms with Gasteiger partial charge < -0.3 is 15.2 Å². The third kappa shape index (κ3) is 2.21. The minimum absolute atomic E-state index is 0.327. The van der Waals surface area contributed by atoms with Gasteiger partial charge in [0.15, 0.2) is 0 Å². The first-order valence-corrected chi connectivity index (χ1v) is 6.24. The van der Waals surface area contributed by atoms with Crippen LogP contribution in [0.15, 0.2) is 12.4 Å². The second-order valence-corrected chi connectivity index (χ2v) is 4.70. The Morgan fingerprint density at radius 2 is 2.19 bits per heavy atom. The van der Waals surface area contributed by atoms with E-state index in [1.165, 1.54) is 12.8 Å². The summed E-state index contributed by atoms with van der Waals surface area (Å²) in [6, 6.07) is 0.327. The molecule has 90 valence electrons. The molecular formula is C12H22N4. The van der Waals surface area contributed by atoms with E-state index >= 15 is 0 Å². The van der Waals surface area contributed by atoms with Crippen molar-refractivity contribution >= 4 is 5.95 Å². The molecule has 0 aromatic carbocycles. The average Bonchev–Trinajstić information content (AvgIpc) is 2.77. The molecule has 1 aromatic rings. The summed E-state index contributed by atoms with van der Waals surface area (Å²) < 4.78 is 2.20. The molecule has 1 aliphatic heterocycles. The molecule has 0 aliphatic carbocycles. The average molecular weight is 222 g/mol. The first kappa shape index (κ1) is 11.5. The fourth-order valence-electron chi connectivity index (χ4n) is 2.46. The minimum Gasteiger partial charge on any atom is -0.342 e. The lowest BCUT2D eigenvalue weighted by molar-refractivity contribution is 0.351. The zero-order chi connectivity index (χ0) is 11.5. The van der Waals surface area contributed by atoms with E-state index in [1.54, 1.807) is 0 Å². The summed E-state index contributed by atoms with van der Waals surface area (Å²) in [5, 5.41) is 0. The topological polar surface area (TPSA) is 47.1 Å². The number of piperidine rings is 1. The number of nitrogens with zero attached hydrogens (tertiary/aromatic N) is 3. The second kappa shape index (κ2) is 4.87. The van der Waals surface area contributed by atoms with Crippen LogP contribution in [0, 0.1) is 5.92 Å². The summed E-state index contributed by atoms with van der Waals surface area (Å²) in [6.45, 7) is 7.43. The van der Waals surface area contributed by atoms with Crippen LogP contribution in [0.3, 0.4) is 0 Å². The third-order valence-corrected chi connectivity index (χ3v) is 3.60. The van der Waals surface area contributed by atoms with E-state index < -0.39 is 0 Å². The molecule has 0 bridgehead atoms.